The predicted molar refractivity (Wildman–Crippen MR) is 55.8 cm³/mol. The van der Waals surface area contributed by atoms with E-state index in [0.29, 0.717) is 18.6 Å². The summed E-state index contributed by atoms with van der Waals surface area (Å²) in [5, 5.41) is 3.20. The monoisotopic (exact) mass is 221 g/mol. The maximum Gasteiger partial charge on any atom is 0.322 e. The van der Waals surface area contributed by atoms with E-state index < -0.39 is 5.41 Å². The average molecular weight is 221 g/mol. The SMILES string of the molecule is O=C1Oc2ccc(F)cc2C12CCNCC2. The lowest BCUT2D eigenvalue weighted by molar-refractivity contribution is -0.139. The molecular formula is C12H12FNO2. The predicted octanol–water partition coefficient (Wildman–Crippen LogP) is 1.37. The van der Waals surface area contributed by atoms with Crippen LogP contribution in [-0.4, -0.2) is 19.1 Å². The molecular weight excluding hydrogens is 209 g/mol. The fourth-order valence-electron chi connectivity index (χ4n) is 2.60. The molecule has 2 aliphatic heterocycles. The minimum atomic E-state index is -0.608. The number of hydrogen-bond donors (Lipinski definition) is 1. The highest BCUT2D eigenvalue weighted by atomic mass is 19.1. The van der Waals surface area contributed by atoms with Gasteiger partial charge in [-0.15, -0.1) is 0 Å². The first-order chi connectivity index (χ1) is 7.72. The Hall–Kier alpha value is -1.42. The first-order valence-corrected chi connectivity index (χ1v) is 5.45. The quantitative estimate of drug-likeness (QED) is 0.531. The molecule has 0 bridgehead atoms. The van der Waals surface area contributed by atoms with Crippen molar-refractivity contribution in [3.8, 4) is 5.75 Å². The number of ether oxygens (including phenoxy) is 1. The summed E-state index contributed by atoms with van der Waals surface area (Å²) in [5.41, 5.74) is 0.113. The number of carbonyl (C=O) groups excluding carboxylic acids is 1. The first-order valence-electron chi connectivity index (χ1n) is 5.45. The topological polar surface area (TPSA) is 38.3 Å². The van der Waals surface area contributed by atoms with Crippen LogP contribution in [0.15, 0.2) is 18.2 Å². The van der Waals surface area contributed by atoms with Crippen LogP contribution in [0.1, 0.15) is 18.4 Å². The second-order valence-corrected chi connectivity index (χ2v) is 4.36. The van der Waals surface area contributed by atoms with E-state index in [1.165, 1.54) is 12.1 Å². The van der Waals surface area contributed by atoms with Crippen molar-refractivity contribution in [3.63, 3.8) is 0 Å². The number of hydrogen-bond acceptors (Lipinski definition) is 3. The second kappa shape index (κ2) is 3.28. The van der Waals surface area contributed by atoms with E-state index in [9.17, 15) is 9.18 Å². The summed E-state index contributed by atoms with van der Waals surface area (Å²) < 4.78 is 18.5. The van der Waals surface area contributed by atoms with Gasteiger partial charge in [0.15, 0.2) is 0 Å². The van der Waals surface area contributed by atoms with Crippen molar-refractivity contribution >= 4 is 5.97 Å². The van der Waals surface area contributed by atoms with Crippen molar-refractivity contribution in [1.29, 1.82) is 0 Å². The molecule has 1 aromatic rings. The van der Waals surface area contributed by atoms with Gasteiger partial charge in [0.1, 0.15) is 11.6 Å². The second-order valence-electron chi connectivity index (χ2n) is 4.36. The van der Waals surface area contributed by atoms with E-state index in [1.54, 1.807) is 6.07 Å². The molecule has 1 fully saturated rings. The highest BCUT2D eigenvalue weighted by Crippen LogP contribution is 2.45. The van der Waals surface area contributed by atoms with Crippen molar-refractivity contribution < 1.29 is 13.9 Å². The third-order valence-electron chi connectivity index (χ3n) is 3.51. The highest BCUT2D eigenvalue weighted by molar-refractivity contribution is 5.90. The third kappa shape index (κ3) is 1.19. The molecule has 0 aliphatic carbocycles. The van der Waals surface area contributed by atoms with Crippen molar-refractivity contribution in [2.45, 2.75) is 18.3 Å². The number of carbonyl (C=O) groups is 1. The molecule has 0 amide bonds. The molecule has 16 heavy (non-hydrogen) atoms. The number of nitrogens with one attached hydrogen (secondary N) is 1. The molecule has 3 rings (SSSR count). The molecule has 1 aromatic carbocycles. The molecule has 2 aliphatic rings. The standard InChI is InChI=1S/C12H12FNO2/c13-8-1-2-10-9(7-8)12(11(15)16-10)3-5-14-6-4-12/h1-2,7,14H,3-6H2. The molecule has 1 N–H and O–H groups in total. The molecule has 1 saturated heterocycles. The van der Waals surface area contributed by atoms with Crippen LogP contribution in [0, 0.1) is 5.82 Å². The zero-order valence-electron chi connectivity index (χ0n) is 8.75. The Morgan fingerprint density at radius 1 is 1.31 bits per heavy atom. The van der Waals surface area contributed by atoms with Gasteiger partial charge in [-0.25, -0.2) is 4.39 Å². The number of fused-ring (bicyclic) bond motifs is 2. The first kappa shape index (κ1) is 9.78. The summed E-state index contributed by atoms with van der Waals surface area (Å²) >= 11 is 0. The van der Waals surface area contributed by atoms with Crippen molar-refractivity contribution in [3.05, 3.63) is 29.6 Å². The number of rotatable bonds is 0. The van der Waals surface area contributed by atoms with Crippen LogP contribution in [0.5, 0.6) is 5.75 Å². The van der Waals surface area contributed by atoms with Gasteiger partial charge in [0.05, 0.1) is 5.41 Å². The van der Waals surface area contributed by atoms with Gasteiger partial charge in [0.25, 0.3) is 0 Å². The molecule has 0 aromatic heterocycles. The Morgan fingerprint density at radius 2 is 2.06 bits per heavy atom. The molecule has 0 atom stereocenters. The van der Waals surface area contributed by atoms with Crippen LogP contribution in [0.2, 0.25) is 0 Å². The summed E-state index contributed by atoms with van der Waals surface area (Å²) in [4.78, 5) is 11.9. The summed E-state index contributed by atoms with van der Waals surface area (Å²) in [6, 6.07) is 4.30. The zero-order valence-corrected chi connectivity index (χ0v) is 8.75. The smallest absolute Gasteiger partial charge is 0.322 e. The summed E-state index contributed by atoms with van der Waals surface area (Å²) in [7, 11) is 0. The fraction of sp³-hybridized carbons (Fsp3) is 0.417. The van der Waals surface area contributed by atoms with Gasteiger partial charge in [-0.05, 0) is 44.1 Å². The Kier molecular flexibility index (Phi) is 2.01. The van der Waals surface area contributed by atoms with E-state index >= 15 is 0 Å². The van der Waals surface area contributed by atoms with E-state index in [1.807, 2.05) is 0 Å². The van der Waals surface area contributed by atoms with Gasteiger partial charge in [0, 0.05) is 5.56 Å². The zero-order chi connectivity index (χ0) is 11.2. The van der Waals surface area contributed by atoms with Crippen LogP contribution in [-0.2, 0) is 10.2 Å². The average Bonchev–Trinajstić information content (AvgIpc) is 2.55. The van der Waals surface area contributed by atoms with Crippen LogP contribution >= 0.6 is 0 Å². The molecule has 0 radical (unpaired) electrons. The van der Waals surface area contributed by atoms with Crippen LogP contribution in [0.4, 0.5) is 4.39 Å². The Balaban J connectivity index is 2.13. The minimum Gasteiger partial charge on any atom is -0.426 e. The van der Waals surface area contributed by atoms with Gasteiger partial charge in [-0.1, -0.05) is 0 Å². The number of benzene rings is 1. The lowest BCUT2D eigenvalue weighted by Crippen LogP contribution is -2.44. The Labute approximate surface area is 92.6 Å². The summed E-state index contributed by atoms with van der Waals surface area (Å²) in [6.07, 6.45) is 1.37. The third-order valence-corrected chi connectivity index (χ3v) is 3.51. The Bertz CT molecular complexity index is 452. The summed E-state index contributed by atoms with van der Waals surface area (Å²) in [5.74, 6) is -0.0159. The van der Waals surface area contributed by atoms with Gasteiger partial charge in [-0.2, -0.15) is 0 Å². The number of piperidine rings is 1. The summed E-state index contributed by atoms with van der Waals surface area (Å²) in [6.45, 7) is 1.54. The normalized spacial score (nSPS) is 21.9. The molecule has 3 nitrogen and oxygen atoms in total. The van der Waals surface area contributed by atoms with Gasteiger partial charge < -0.3 is 10.1 Å². The largest absolute Gasteiger partial charge is 0.426 e. The van der Waals surface area contributed by atoms with E-state index in [2.05, 4.69) is 5.32 Å². The van der Waals surface area contributed by atoms with Crippen molar-refractivity contribution in [2.75, 3.05) is 13.1 Å². The molecule has 2 heterocycles. The van der Waals surface area contributed by atoms with Crippen molar-refractivity contribution in [2.24, 2.45) is 0 Å². The van der Waals surface area contributed by atoms with Crippen molar-refractivity contribution in [1.82, 2.24) is 5.32 Å². The molecule has 1 spiro atoms. The van der Waals surface area contributed by atoms with E-state index in [0.717, 1.165) is 18.7 Å². The van der Waals surface area contributed by atoms with Gasteiger partial charge in [0.2, 0.25) is 0 Å². The maximum absolute atomic E-state index is 13.2. The number of halogens is 1. The molecule has 84 valence electrons. The van der Waals surface area contributed by atoms with E-state index in [4.69, 9.17) is 4.74 Å². The molecule has 4 heteroatoms. The lowest BCUT2D eigenvalue weighted by atomic mass is 9.74. The van der Waals surface area contributed by atoms with Gasteiger partial charge in [-0.3, -0.25) is 4.79 Å². The van der Waals surface area contributed by atoms with Gasteiger partial charge >= 0.3 is 5.97 Å². The maximum atomic E-state index is 13.2. The van der Waals surface area contributed by atoms with Crippen LogP contribution < -0.4 is 10.1 Å². The minimum absolute atomic E-state index is 0.227. The highest BCUT2D eigenvalue weighted by Gasteiger charge is 2.49. The van der Waals surface area contributed by atoms with E-state index in [-0.39, 0.29) is 11.8 Å². The number of esters is 1. The van der Waals surface area contributed by atoms with Crippen LogP contribution in [0.3, 0.4) is 0 Å². The lowest BCUT2D eigenvalue weighted by Gasteiger charge is -2.30. The molecule has 0 unspecified atom stereocenters. The molecule has 0 saturated carbocycles. The Morgan fingerprint density at radius 3 is 2.81 bits per heavy atom. The van der Waals surface area contributed by atoms with Crippen LogP contribution in [0.25, 0.3) is 0 Å². The fourth-order valence-corrected chi connectivity index (χ4v) is 2.60.